The SMILES string of the molecule is COOCC1SC(C)=NC1c1ccc(OC)cc1. The second-order valence-electron chi connectivity index (χ2n) is 3.97. The van der Waals surface area contributed by atoms with Gasteiger partial charge >= 0.3 is 0 Å². The van der Waals surface area contributed by atoms with Crippen LogP contribution in [-0.4, -0.2) is 31.1 Å². The average Bonchev–Trinajstić information content (AvgIpc) is 2.77. The van der Waals surface area contributed by atoms with E-state index in [0.717, 1.165) is 10.8 Å². The molecule has 0 aliphatic carbocycles. The molecule has 2 rings (SSSR count). The van der Waals surface area contributed by atoms with Crippen LogP contribution in [-0.2, 0) is 9.78 Å². The van der Waals surface area contributed by atoms with Crippen molar-refractivity contribution < 1.29 is 14.5 Å². The van der Waals surface area contributed by atoms with Gasteiger partial charge in [0, 0.05) is 0 Å². The Labute approximate surface area is 111 Å². The predicted octanol–water partition coefficient (Wildman–Crippen LogP) is 2.85. The van der Waals surface area contributed by atoms with Gasteiger partial charge in [0.25, 0.3) is 0 Å². The predicted molar refractivity (Wildman–Crippen MR) is 73.2 cm³/mol. The third-order valence-corrected chi connectivity index (χ3v) is 3.95. The van der Waals surface area contributed by atoms with E-state index in [4.69, 9.17) is 9.62 Å². The molecule has 4 nitrogen and oxygen atoms in total. The highest BCUT2D eigenvalue weighted by Gasteiger charge is 2.30. The zero-order valence-electron chi connectivity index (χ0n) is 10.8. The first kappa shape index (κ1) is 13.4. The molecular weight excluding hydrogens is 250 g/mol. The maximum atomic E-state index is 5.16. The number of thioether (sulfide) groups is 1. The molecular formula is C13H17NO3S. The Morgan fingerprint density at radius 1 is 1.22 bits per heavy atom. The first-order valence-corrected chi connectivity index (χ1v) is 6.63. The van der Waals surface area contributed by atoms with Crippen LogP contribution in [0.2, 0.25) is 0 Å². The van der Waals surface area contributed by atoms with Crippen molar-refractivity contribution in [1.29, 1.82) is 0 Å². The molecule has 1 aliphatic heterocycles. The number of hydrogen-bond donors (Lipinski definition) is 0. The van der Waals surface area contributed by atoms with Crippen molar-refractivity contribution in [1.82, 2.24) is 0 Å². The third-order valence-electron chi connectivity index (χ3n) is 2.80. The van der Waals surface area contributed by atoms with Crippen LogP contribution in [0, 0.1) is 0 Å². The minimum absolute atomic E-state index is 0.121. The minimum atomic E-state index is 0.121. The number of rotatable bonds is 5. The third kappa shape index (κ3) is 3.04. The van der Waals surface area contributed by atoms with Crippen LogP contribution in [0.4, 0.5) is 0 Å². The van der Waals surface area contributed by atoms with E-state index in [1.807, 2.05) is 31.2 Å². The molecule has 2 atom stereocenters. The monoisotopic (exact) mass is 267 g/mol. The van der Waals surface area contributed by atoms with Gasteiger partial charge in [-0.1, -0.05) is 12.1 Å². The van der Waals surface area contributed by atoms with Gasteiger partial charge in [0.1, 0.15) is 5.75 Å². The van der Waals surface area contributed by atoms with E-state index in [9.17, 15) is 0 Å². The van der Waals surface area contributed by atoms with Gasteiger partial charge in [0.05, 0.1) is 37.2 Å². The van der Waals surface area contributed by atoms with Gasteiger partial charge in [-0.3, -0.25) is 4.99 Å². The number of ether oxygens (including phenoxy) is 1. The summed E-state index contributed by atoms with van der Waals surface area (Å²) in [6.07, 6.45) is 0. The summed E-state index contributed by atoms with van der Waals surface area (Å²) in [5, 5.41) is 1.35. The van der Waals surface area contributed by atoms with Crippen LogP contribution < -0.4 is 4.74 Å². The molecule has 0 radical (unpaired) electrons. The van der Waals surface area contributed by atoms with Gasteiger partial charge in [-0.25, -0.2) is 9.78 Å². The van der Waals surface area contributed by atoms with Crippen LogP contribution in [0.1, 0.15) is 18.5 Å². The van der Waals surface area contributed by atoms with Gasteiger partial charge in [-0.15, -0.1) is 11.8 Å². The highest BCUT2D eigenvalue weighted by atomic mass is 32.2. The normalized spacial score (nSPS) is 22.9. The first-order chi connectivity index (χ1) is 8.74. The molecule has 18 heavy (non-hydrogen) atoms. The molecule has 0 spiro atoms. The molecule has 0 amide bonds. The Morgan fingerprint density at radius 2 is 1.94 bits per heavy atom. The van der Waals surface area contributed by atoms with Crippen LogP contribution in [0.15, 0.2) is 29.3 Å². The summed E-state index contributed by atoms with van der Waals surface area (Å²) in [6, 6.07) is 8.13. The first-order valence-electron chi connectivity index (χ1n) is 5.75. The van der Waals surface area contributed by atoms with Crippen molar-refractivity contribution >= 4 is 16.8 Å². The summed E-state index contributed by atoms with van der Waals surface area (Å²) >= 11 is 1.73. The zero-order valence-corrected chi connectivity index (χ0v) is 11.6. The number of methoxy groups -OCH3 is 1. The number of benzene rings is 1. The molecule has 1 aliphatic rings. The summed E-state index contributed by atoms with van der Waals surface area (Å²) in [5.41, 5.74) is 1.17. The lowest BCUT2D eigenvalue weighted by molar-refractivity contribution is -0.272. The quantitative estimate of drug-likeness (QED) is 0.607. The molecule has 0 fully saturated rings. The summed E-state index contributed by atoms with van der Waals surface area (Å²) < 4.78 is 5.16. The van der Waals surface area contributed by atoms with E-state index in [1.165, 1.54) is 12.7 Å². The number of hydrogen-bond acceptors (Lipinski definition) is 5. The number of nitrogens with zero attached hydrogens (tertiary/aromatic N) is 1. The van der Waals surface area contributed by atoms with E-state index in [2.05, 4.69) is 9.88 Å². The lowest BCUT2D eigenvalue weighted by Crippen LogP contribution is -2.16. The van der Waals surface area contributed by atoms with Crippen molar-refractivity contribution in [2.75, 3.05) is 20.8 Å². The molecule has 0 saturated carbocycles. The maximum Gasteiger partial charge on any atom is 0.118 e. The summed E-state index contributed by atoms with van der Waals surface area (Å²) in [4.78, 5) is 14.4. The van der Waals surface area contributed by atoms with E-state index in [0.29, 0.717) is 6.61 Å². The standard InChI is InChI=1S/C13H17NO3S/c1-9-14-13(12(18-9)8-17-16-3)10-4-6-11(15-2)7-5-10/h4-7,12-13H,8H2,1-3H3. The summed E-state index contributed by atoms with van der Waals surface area (Å²) in [7, 11) is 3.19. The lowest BCUT2D eigenvalue weighted by Gasteiger charge is -2.16. The Kier molecular flexibility index (Phi) is 4.63. The fourth-order valence-corrected chi connectivity index (χ4v) is 3.03. The lowest BCUT2D eigenvalue weighted by atomic mass is 10.0. The fourth-order valence-electron chi connectivity index (χ4n) is 1.94. The van der Waals surface area contributed by atoms with Crippen molar-refractivity contribution in [2.24, 2.45) is 4.99 Å². The smallest absolute Gasteiger partial charge is 0.118 e. The Morgan fingerprint density at radius 3 is 2.56 bits per heavy atom. The molecule has 0 bridgehead atoms. The molecule has 0 N–H and O–H groups in total. The van der Waals surface area contributed by atoms with Crippen LogP contribution in [0.3, 0.4) is 0 Å². The summed E-state index contributed by atoms with van der Waals surface area (Å²) in [6.45, 7) is 2.55. The van der Waals surface area contributed by atoms with Gasteiger partial charge in [-0.05, 0) is 24.6 Å². The van der Waals surface area contributed by atoms with Crippen LogP contribution >= 0.6 is 11.8 Å². The Hall–Kier alpha value is -1.04. The molecule has 98 valence electrons. The zero-order chi connectivity index (χ0) is 13.0. The Bertz CT molecular complexity index is 419. The van der Waals surface area contributed by atoms with Crippen molar-refractivity contribution in [3.8, 4) is 5.75 Å². The molecule has 2 unspecified atom stereocenters. The fraction of sp³-hybridized carbons (Fsp3) is 0.462. The average molecular weight is 267 g/mol. The largest absolute Gasteiger partial charge is 0.497 e. The second-order valence-corrected chi connectivity index (χ2v) is 5.41. The highest BCUT2D eigenvalue weighted by Crippen LogP contribution is 2.38. The topological polar surface area (TPSA) is 40.0 Å². The molecule has 1 aromatic carbocycles. The molecule has 1 heterocycles. The van der Waals surface area contributed by atoms with E-state index < -0.39 is 0 Å². The van der Waals surface area contributed by atoms with E-state index in [1.54, 1.807) is 18.9 Å². The molecule has 1 aromatic rings. The molecule has 0 aromatic heterocycles. The van der Waals surface area contributed by atoms with Crippen molar-refractivity contribution in [2.45, 2.75) is 18.2 Å². The van der Waals surface area contributed by atoms with Gasteiger partial charge in [0.2, 0.25) is 0 Å². The maximum absolute atomic E-state index is 5.16. The second kappa shape index (κ2) is 6.22. The number of aliphatic imine (C=N–C) groups is 1. The van der Waals surface area contributed by atoms with Gasteiger partial charge < -0.3 is 4.74 Å². The van der Waals surface area contributed by atoms with Crippen LogP contribution in [0.25, 0.3) is 0 Å². The van der Waals surface area contributed by atoms with Crippen molar-refractivity contribution in [3.05, 3.63) is 29.8 Å². The minimum Gasteiger partial charge on any atom is -0.497 e. The molecule has 5 heteroatoms. The van der Waals surface area contributed by atoms with E-state index >= 15 is 0 Å². The van der Waals surface area contributed by atoms with Gasteiger partial charge in [0.15, 0.2) is 0 Å². The molecule has 0 saturated heterocycles. The van der Waals surface area contributed by atoms with E-state index in [-0.39, 0.29) is 11.3 Å². The summed E-state index contributed by atoms with van der Waals surface area (Å²) in [5.74, 6) is 0.856. The highest BCUT2D eigenvalue weighted by molar-refractivity contribution is 8.14. The Balaban J connectivity index is 2.12. The van der Waals surface area contributed by atoms with Gasteiger partial charge in [-0.2, -0.15) is 0 Å². The van der Waals surface area contributed by atoms with Crippen molar-refractivity contribution in [3.63, 3.8) is 0 Å². The van der Waals surface area contributed by atoms with Crippen LogP contribution in [0.5, 0.6) is 5.75 Å².